The van der Waals surface area contributed by atoms with Crippen molar-refractivity contribution < 1.29 is 33.4 Å². The molecule has 9 nitrogen and oxygen atoms in total. The number of allylic oxidation sites excluding steroid dienone is 2. The first-order valence-corrected chi connectivity index (χ1v) is 15.1. The molecule has 0 aromatic heterocycles. The van der Waals surface area contributed by atoms with Gasteiger partial charge in [0.2, 0.25) is 0 Å². The summed E-state index contributed by atoms with van der Waals surface area (Å²) in [5, 5.41) is 5.31. The van der Waals surface area contributed by atoms with Crippen molar-refractivity contribution in [2.24, 2.45) is 0 Å². The second-order valence-electron chi connectivity index (χ2n) is 11.9. The van der Waals surface area contributed by atoms with Crippen molar-refractivity contribution in [1.82, 2.24) is 10.6 Å². The fraction of sp³-hybridized carbons (Fsp3) is 0.333. The van der Waals surface area contributed by atoms with E-state index >= 15 is 0 Å². The van der Waals surface area contributed by atoms with E-state index in [1.165, 1.54) is 24.1 Å². The molecule has 1 aliphatic carbocycles. The average molecular weight is 613 g/mol. The molecule has 3 aromatic rings. The quantitative estimate of drug-likeness (QED) is 0.0447. The maximum atomic E-state index is 13.2. The minimum Gasteiger partial charge on any atom is -0.445 e. The van der Waals surface area contributed by atoms with Gasteiger partial charge in [0.05, 0.1) is 0 Å². The number of hydrogen-bond donors (Lipinski definition) is 2. The Morgan fingerprint density at radius 3 is 2.33 bits per heavy atom. The van der Waals surface area contributed by atoms with Crippen LogP contribution in [-0.2, 0) is 32.0 Å². The van der Waals surface area contributed by atoms with E-state index in [1.54, 1.807) is 51.1 Å². The Kier molecular flexibility index (Phi) is 11.1. The summed E-state index contributed by atoms with van der Waals surface area (Å²) in [4.78, 5) is 50.6. The summed E-state index contributed by atoms with van der Waals surface area (Å²) in [6.07, 6.45) is 1.93. The molecule has 0 heterocycles. The number of esters is 1. The first-order chi connectivity index (χ1) is 21.5. The second kappa shape index (κ2) is 15.2. The lowest BCUT2D eigenvalue weighted by Gasteiger charge is -2.20. The standard InChI is InChI=1S/C36H40N2O7/c1-24(21-32(39)25-13-6-5-7-14-25)44-33(40)31(19-10-11-20-37-34(41)45-36(2,3)4)38-35(42)43-23-27-16-12-18-29-28-17-9-8-15-26(28)22-30(27)29/h5-9,12-18,21,31H,10-11,19-20,22-23H2,1-4H3,(H,37,41)(H,38,42)/t31-/m0/s1. The Balaban J connectivity index is 1.36. The third-order valence-corrected chi connectivity index (χ3v) is 7.13. The number of alkyl carbamates (subject to hydrolysis) is 2. The van der Waals surface area contributed by atoms with Crippen molar-refractivity contribution >= 4 is 23.9 Å². The molecular weight excluding hydrogens is 572 g/mol. The Morgan fingerprint density at radius 2 is 1.58 bits per heavy atom. The Bertz CT molecular complexity index is 1560. The van der Waals surface area contributed by atoms with Gasteiger partial charge in [0, 0.05) is 18.2 Å². The van der Waals surface area contributed by atoms with Crippen molar-refractivity contribution in [2.45, 2.75) is 71.6 Å². The molecule has 9 heteroatoms. The Morgan fingerprint density at radius 1 is 0.867 bits per heavy atom. The number of benzene rings is 3. The normalized spacial score (nSPS) is 12.8. The zero-order valence-electron chi connectivity index (χ0n) is 26.2. The van der Waals surface area contributed by atoms with Crippen molar-refractivity contribution in [2.75, 3.05) is 6.54 Å². The van der Waals surface area contributed by atoms with Gasteiger partial charge in [-0.3, -0.25) is 4.79 Å². The number of ether oxygens (including phenoxy) is 3. The van der Waals surface area contributed by atoms with E-state index in [4.69, 9.17) is 14.2 Å². The number of nitrogens with one attached hydrogen (secondary N) is 2. The van der Waals surface area contributed by atoms with Crippen LogP contribution in [0.25, 0.3) is 11.1 Å². The number of unbranched alkanes of at least 4 members (excludes halogenated alkanes) is 1. The Labute approximate surface area is 264 Å². The zero-order chi connectivity index (χ0) is 32.4. The number of carbonyl (C=O) groups is 4. The van der Waals surface area contributed by atoms with Crippen molar-refractivity contribution in [3.63, 3.8) is 0 Å². The highest BCUT2D eigenvalue weighted by Gasteiger charge is 2.25. The molecule has 4 rings (SSSR count). The van der Waals surface area contributed by atoms with Gasteiger partial charge in [0.25, 0.3) is 0 Å². The van der Waals surface area contributed by atoms with Gasteiger partial charge in [-0.15, -0.1) is 0 Å². The van der Waals surface area contributed by atoms with Crippen LogP contribution in [0, 0.1) is 0 Å². The molecule has 3 aromatic carbocycles. The van der Waals surface area contributed by atoms with Crippen LogP contribution in [0.5, 0.6) is 0 Å². The molecule has 0 aliphatic heterocycles. The molecule has 0 unspecified atom stereocenters. The monoisotopic (exact) mass is 612 g/mol. The van der Waals surface area contributed by atoms with Crippen LogP contribution >= 0.6 is 0 Å². The lowest BCUT2D eigenvalue weighted by molar-refractivity contribution is -0.142. The summed E-state index contributed by atoms with van der Waals surface area (Å²) in [6.45, 7) is 7.21. The summed E-state index contributed by atoms with van der Waals surface area (Å²) in [6, 6.07) is 21.7. The van der Waals surface area contributed by atoms with Gasteiger partial charge >= 0.3 is 18.2 Å². The fourth-order valence-corrected chi connectivity index (χ4v) is 5.04. The molecule has 0 spiro atoms. The van der Waals surface area contributed by atoms with E-state index in [9.17, 15) is 19.2 Å². The maximum absolute atomic E-state index is 13.2. The largest absolute Gasteiger partial charge is 0.445 e. The van der Waals surface area contributed by atoms with Gasteiger partial charge in [-0.05, 0) is 81.2 Å². The van der Waals surface area contributed by atoms with E-state index in [2.05, 4.69) is 28.8 Å². The molecule has 45 heavy (non-hydrogen) atoms. The fourth-order valence-electron chi connectivity index (χ4n) is 5.04. The highest BCUT2D eigenvalue weighted by Crippen LogP contribution is 2.38. The molecule has 0 fully saturated rings. The first-order valence-electron chi connectivity index (χ1n) is 15.1. The topological polar surface area (TPSA) is 120 Å². The number of carbonyl (C=O) groups excluding carboxylic acids is 4. The molecule has 2 N–H and O–H groups in total. The molecule has 1 atom stereocenters. The van der Waals surface area contributed by atoms with E-state index in [1.807, 2.05) is 24.3 Å². The highest BCUT2D eigenvalue weighted by atomic mass is 16.6. The van der Waals surface area contributed by atoms with E-state index in [-0.39, 0.29) is 24.6 Å². The van der Waals surface area contributed by atoms with Crippen molar-refractivity contribution in [3.05, 3.63) is 107 Å². The van der Waals surface area contributed by atoms with Crippen LogP contribution in [-0.4, -0.2) is 42.1 Å². The summed E-state index contributed by atoms with van der Waals surface area (Å²) >= 11 is 0. The van der Waals surface area contributed by atoms with Gasteiger partial charge < -0.3 is 24.8 Å². The highest BCUT2D eigenvalue weighted by molar-refractivity contribution is 6.04. The lowest BCUT2D eigenvalue weighted by atomic mass is 10.0. The van der Waals surface area contributed by atoms with Crippen LogP contribution < -0.4 is 10.6 Å². The third kappa shape index (κ3) is 9.79. The average Bonchev–Trinajstić information content (AvgIpc) is 3.38. The van der Waals surface area contributed by atoms with Crippen LogP contribution in [0.4, 0.5) is 9.59 Å². The first kappa shape index (κ1) is 33.0. The zero-order valence-corrected chi connectivity index (χ0v) is 26.2. The molecule has 0 radical (unpaired) electrons. The summed E-state index contributed by atoms with van der Waals surface area (Å²) < 4.78 is 16.3. The molecule has 2 amide bonds. The smallest absolute Gasteiger partial charge is 0.408 e. The number of amides is 2. The van der Waals surface area contributed by atoms with Crippen LogP contribution in [0.3, 0.4) is 0 Å². The molecule has 0 bridgehead atoms. The van der Waals surface area contributed by atoms with Crippen molar-refractivity contribution in [1.29, 1.82) is 0 Å². The van der Waals surface area contributed by atoms with E-state index in [0.717, 1.165) is 23.1 Å². The van der Waals surface area contributed by atoms with E-state index < -0.39 is 29.8 Å². The van der Waals surface area contributed by atoms with Crippen LogP contribution in [0.15, 0.2) is 84.6 Å². The minimum atomic E-state index is -1.04. The van der Waals surface area contributed by atoms with Crippen LogP contribution in [0.1, 0.15) is 74.0 Å². The number of ketones is 1. The SMILES string of the molecule is CC(=CC(=O)c1ccccc1)OC(=O)[C@H](CCCCNC(=O)OC(C)(C)C)NC(=O)OCc1cccc2c1Cc1ccccc1-2. The number of fused-ring (bicyclic) bond motifs is 3. The summed E-state index contributed by atoms with van der Waals surface area (Å²) in [5.41, 5.74) is 5.38. The van der Waals surface area contributed by atoms with Gasteiger partial charge in [0.1, 0.15) is 24.0 Å². The molecule has 0 saturated carbocycles. The predicted octanol–water partition coefficient (Wildman–Crippen LogP) is 6.88. The maximum Gasteiger partial charge on any atom is 0.408 e. The van der Waals surface area contributed by atoms with Crippen molar-refractivity contribution in [3.8, 4) is 11.1 Å². The van der Waals surface area contributed by atoms with Gasteiger partial charge in [-0.2, -0.15) is 0 Å². The number of hydrogen-bond acceptors (Lipinski definition) is 7. The van der Waals surface area contributed by atoms with Gasteiger partial charge in [-0.1, -0.05) is 72.8 Å². The summed E-state index contributed by atoms with van der Waals surface area (Å²) in [5.74, 6) is -0.937. The second-order valence-corrected chi connectivity index (χ2v) is 11.9. The molecular formula is C36H40N2O7. The van der Waals surface area contributed by atoms with Gasteiger partial charge in [-0.25, -0.2) is 14.4 Å². The van der Waals surface area contributed by atoms with Gasteiger partial charge in [0.15, 0.2) is 5.78 Å². The van der Waals surface area contributed by atoms with Crippen LogP contribution in [0.2, 0.25) is 0 Å². The summed E-state index contributed by atoms with van der Waals surface area (Å²) in [7, 11) is 0. The lowest BCUT2D eigenvalue weighted by Crippen LogP contribution is -2.42. The molecule has 0 saturated heterocycles. The molecule has 1 aliphatic rings. The minimum absolute atomic E-state index is 0.0368. The predicted molar refractivity (Wildman–Crippen MR) is 171 cm³/mol. The Hall–Kier alpha value is -4.92. The molecule has 236 valence electrons. The number of rotatable bonds is 12. The van der Waals surface area contributed by atoms with E-state index in [0.29, 0.717) is 24.9 Å². The third-order valence-electron chi connectivity index (χ3n) is 7.13.